The minimum atomic E-state index is -0.489. The van der Waals surface area contributed by atoms with Crippen LogP contribution in [0.15, 0.2) is 24.3 Å². The van der Waals surface area contributed by atoms with Crippen LogP contribution in [0.2, 0.25) is 0 Å². The first-order chi connectivity index (χ1) is 8.02. The standard InChI is InChI=1S/C14H19NO2/c1-10-5-7-12(8-6-10)14(13(16)17-4)9-15(3)11(14)2/h5-8,11H,9H2,1-4H3. The number of esters is 1. The van der Waals surface area contributed by atoms with Gasteiger partial charge in [-0.3, -0.25) is 4.79 Å². The monoisotopic (exact) mass is 233 g/mol. The minimum absolute atomic E-state index is 0.132. The third kappa shape index (κ3) is 1.65. The molecule has 1 aliphatic rings. The first-order valence-electron chi connectivity index (χ1n) is 5.88. The van der Waals surface area contributed by atoms with E-state index >= 15 is 0 Å². The van der Waals surface area contributed by atoms with E-state index in [0.717, 1.165) is 12.1 Å². The van der Waals surface area contributed by atoms with Gasteiger partial charge in [-0.25, -0.2) is 0 Å². The van der Waals surface area contributed by atoms with Gasteiger partial charge in [0.15, 0.2) is 0 Å². The maximum Gasteiger partial charge on any atom is 0.319 e. The molecule has 2 atom stereocenters. The van der Waals surface area contributed by atoms with Crippen molar-refractivity contribution in [2.24, 2.45) is 0 Å². The number of likely N-dealkylation sites (tertiary alicyclic amines) is 1. The molecule has 0 aromatic heterocycles. The quantitative estimate of drug-likeness (QED) is 0.729. The zero-order valence-corrected chi connectivity index (χ0v) is 10.9. The van der Waals surface area contributed by atoms with Gasteiger partial charge in [0.05, 0.1) is 7.11 Å². The molecular weight excluding hydrogens is 214 g/mol. The lowest BCUT2D eigenvalue weighted by Crippen LogP contribution is -2.68. The van der Waals surface area contributed by atoms with Gasteiger partial charge >= 0.3 is 5.97 Å². The SMILES string of the molecule is COC(=O)C1(c2ccc(C)cc2)CN(C)C1C. The number of ether oxygens (including phenoxy) is 1. The van der Waals surface area contributed by atoms with E-state index in [1.165, 1.54) is 12.7 Å². The van der Waals surface area contributed by atoms with Gasteiger partial charge < -0.3 is 9.64 Å². The van der Waals surface area contributed by atoms with Crippen molar-refractivity contribution in [3.63, 3.8) is 0 Å². The Morgan fingerprint density at radius 3 is 2.41 bits per heavy atom. The van der Waals surface area contributed by atoms with Gasteiger partial charge in [-0.15, -0.1) is 0 Å². The Hall–Kier alpha value is -1.35. The molecule has 1 aromatic carbocycles. The summed E-state index contributed by atoms with van der Waals surface area (Å²) in [4.78, 5) is 14.3. The van der Waals surface area contributed by atoms with E-state index in [-0.39, 0.29) is 12.0 Å². The lowest BCUT2D eigenvalue weighted by Gasteiger charge is -2.52. The molecule has 1 saturated heterocycles. The fraction of sp³-hybridized carbons (Fsp3) is 0.500. The number of nitrogens with zero attached hydrogens (tertiary/aromatic N) is 1. The van der Waals surface area contributed by atoms with Crippen molar-refractivity contribution in [1.82, 2.24) is 4.90 Å². The third-order valence-electron chi connectivity index (χ3n) is 3.99. The summed E-state index contributed by atoms with van der Waals surface area (Å²) in [6.45, 7) is 4.84. The highest BCUT2D eigenvalue weighted by Gasteiger charge is 2.56. The summed E-state index contributed by atoms with van der Waals surface area (Å²) in [6.07, 6.45) is 0. The lowest BCUT2D eigenvalue weighted by molar-refractivity contribution is -0.159. The summed E-state index contributed by atoms with van der Waals surface area (Å²) in [6, 6.07) is 8.35. The highest BCUT2D eigenvalue weighted by molar-refractivity contribution is 5.86. The van der Waals surface area contributed by atoms with Gasteiger partial charge in [-0.2, -0.15) is 0 Å². The number of hydrogen-bond acceptors (Lipinski definition) is 3. The zero-order valence-electron chi connectivity index (χ0n) is 10.9. The fourth-order valence-electron chi connectivity index (χ4n) is 2.64. The Kier molecular flexibility index (Phi) is 2.96. The molecule has 3 heteroatoms. The van der Waals surface area contributed by atoms with Crippen LogP contribution in [-0.4, -0.2) is 37.6 Å². The number of carbonyl (C=O) groups excluding carboxylic acids is 1. The summed E-state index contributed by atoms with van der Waals surface area (Å²) in [5, 5.41) is 0. The predicted molar refractivity (Wildman–Crippen MR) is 67.0 cm³/mol. The first kappa shape index (κ1) is 12.1. The van der Waals surface area contributed by atoms with Crippen molar-refractivity contribution in [3.8, 4) is 0 Å². The van der Waals surface area contributed by atoms with Crippen molar-refractivity contribution in [1.29, 1.82) is 0 Å². The van der Waals surface area contributed by atoms with E-state index in [1.54, 1.807) is 0 Å². The van der Waals surface area contributed by atoms with Crippen molar-refractivity contribution in [3.05, 3.63) is 35.4 Å². The van der Waals surface area contributed by atoms with E-state index in [9.17, 15) is 4.79 Å². The van der Waals surface area contributed by atoms with Crippen molar-refractivity contribution >= 4 is 5.97 Å². The van der Waals surface area contributed by atoms with Crippen LogP contribution in [0.5, 0.6) is 0 Å². The maximum absolute atomic E-state index is 12.1. The second-order valence-electron chi connectivity index (χ2n) is 4.92. The average Bonchev–Trinajstić information content (AvgIpc) is 2.35. The molecule has 0 bridgehead atoms. The Balaban J connectivity index is 2.42. The number of likely N-dealkylation sites (N-methyl/N-ethyl adjacent to an activating group) is 1. The van der Waals surface area contributed by atoms with Gasteiger partial charge in [0.2, 0.25) is 0 Å². The highest BCUT2D eigenvalue weighted by Crippen LogP contribution is 2.40. The van der Waals surface area contributed by atoms with Gasteiger partial charge in [-0.05, 0) is 26.5 Å². The Morgan fingerprint density at radius 2 is 2.00 bits per heavy atom. The molecule has 0 N–H and O–H groups in total. The van der Waals surface area contributed by atoms with Crippen molar-refractivity contribution in [2.75, 3.05) is 20.7 Å². The van der Waals surface area contributed by atoms with Gasteiger partial charge in [0.1, 0.15) is 5.41 Å². The van der Waals surface area contributed by atoms with Gasteiger partial charge in [-0.1, -0.05) is 29.8 Å². The molecule has 0 aliphatic carbocycles. The fourth-order valence-corrected chi connectivity index (χ4v) is 2.64. The van der Waals surface area contributed by atoms with Crippen LogP contribution < -0.4 is 0 Å². The largest absolute Gasteiger partial charge is 0.468 e. The Morgan fingerprint density at radius 1 is 1.41 bits per heavy atom. The third-order valence-corrected chi connectivity index (χ3v) is 3.99. The number of methoxy groups -OCH3 is 1. The van der Waals surface area contributed by atoms with E-state index in [2.05, 4.69) is 11.8 Å². The molecule has 2 unspecified atom stereocenters. The van der Waals surface area contributed by atoms with E-state index in [0.29, 0.717) is 0 Å². The first-order valence-corrected chi connectivity index (χ1v) is 5.88. The number of rotatable bonds is 2. The maximum atomic E-state index is 12.1. The van der Waals surface area contributed by atoms with Crippen LogP contribution in [0.1, 0.15) is 18.1 Å². The van der Waals surface area contributed by atoms with E-state index in [4.69, 9.17) is 4.74 Å². The molecule has 0 radical (unpaired) electrons. The highest BCUT2D eigenvalue weighted by atomic mass is 16.5. The summed E-state index contributed by atoms with van der Waals surface area (Å²) >= 11 is 0. The predicted octanol–water partition coefficient (Wildman–Crippen LogP) is 1.74. The molecule has 0 spiro atoms. The number of carbonyl (C=O) groups is 1. The average molecular weight is 233 g/mol. The van der Waals surface area contributed by atoms with Crippen LogP contribution in [0.25, 0.3) is 0 Å². The second-order valence-corrected chi connectivity index (χ2v) is 4.92. The molecule has 1 fully saturated rings. The smallest absolute Gasteiger partial charge is 0.319 e. The molecule has 2 rings (SSSR count). The molecule has 0 saturated carbocycles. The van der Waals surface area contributed by atoms with Crippen LogP contribution >= 0.6 is 0 Å². The summed E-state index contributed by atoms with van der Waals surface area (Å²) in [5.74, 6) is -0.132. The zero-order chi connectivity index (χ0) is 12.6. The van der Waals surface area contributed by atoms with Crippen LogP contribution in [0.4, 0.5) is 0 Å². The number of hydrogen-bond donors (Lipinski definition) is 0. The van der Waals surface area contributed by atoms with Crippen LogP contribution in [0, 0.1) is 6.92 Å². The van der Waals surface area contributed by atoms with E-state index < -0.39 is 5.41 Å². The molecule has 92 valence electrons. The lowest BCUT2D eigenvalue weighted by atomic mass is 9.67. The van der Waals surface area contributed by atoms with E-state index in [1.807, 2.05) is 38.2 Å². The number of benzene rings is 1. The van der Waals surface area contributed by atoms with Crippen molar-refractivity contribution < 1.29 is 9.53 Å². The molecule has 0 amide bonds. The molecule has 17 heavy (non-hydrogen) atoms. The normalized spacial score (nSPS) is 28.6. The molecule has 1 aromatic rings. The summed E-state index contributed by atoms with van der Waals surface area (Å²) < 4.78 is 5.00. The van der Waals surface area contributed by atoms with Gasteiger partial charge in [0.25, 0.3) is 0 Å². The molecule has 1 heterocycles. The van der Waals surface area contributed by atoms with Crippen molar-refractivity contribution in [2.45, 2.75) is 25.3 Å². The molecule has 3 nitrogen and oxygen atoms in total. The van der Waals surface area contributed by atoms with Crippen LogP contribution in [0.3, 0.4) is 0 Å². The van der Waals surface area contributed by atoms with Gasteiger partial charge in [0, 0.05) is 12.6 Å². The molecular formula is C14H19NO2. The number of aryl methyl sites for hydroxylation is 1. The Labute approximate surface area is 102 Å². The molecule has 1 aliphatic heterocycles. The van der Waals surface area contributed by atoms with Crippen LogP contribution in [-0.2, 0) is 14.9 Å². The minimum Gasteiger partial charge on any atom is -0.468 e. The summed E-state index contributed by atoms with van der Waals surface area (Å²) in [5.41, 5.74) is 1.77. The Bertz CT molecular complexity index is 426. The second kappa shape index (κ2) is 4.15. The summed E-state index contributed by atoms with van der Waals surface area (Å²) in [7, 11) is 3.49. The topological polar surface area (TPSA) is 29.5 Å².